The number of hydrogen-bond donors (Lipinski definition) is 1. The van der Waals surface area contributed by atoms with E-state index in [9.17, 15) is 18.0 Å². The van der Waals surface area contributed by atoms with Gasteiger partial charge < -0.3 is 24.8 Å². The van der Waals surface area contributed by atoms with E-state index in [1.165, 1.54) is 14.2 Å². The van der Waals surface area contributed by atoms with Gasteiger partial charge >= 0.3 is 6.18 Å². The van der Waals surface area contributed by atoms with E-state index in [4.69, 9.17) is 19.9 Å². The summed E-state index contributed by atoms with van der Waals surface area (Å²) in [7, 11) is 2.90. The molecule has 2 N–H and O–H groups in total. The van der Waals surface area contributed by atoms with Gasteiger partial charge in [0.2, 0.25) is 5.82 Å². The number of methoxy groups -OCH3 is 2. The van der Waals surface area contributed by atoms with Gasteiger partial charge in [0, 0.05) is 31.1 Å². The van der Waals surface area contributed by atoms with E-state index in [0.29, 0.717) is 30.3 Å². The first-order valence-electron chi connectivity index (χ1n) is 9.06. The fourth-order valence-corrected chi connectivity index (χ4v) is 3.18. The molecule has 0 radical (unpaired) electrons. The first-order valence-corrected chi connectivity index (χ1v) is 9.06. The Morgan fingerprint density at radius 3 is 2.47 bits per heavy atom. The molecule has 1 aliphatic rings. The standard InChI is InChI=1S/C19H21F3N4O4/c1-28-12-4-3-11(14(10-12)29-2)9-13-15(16(23)27)17(26-5-7-30-8-6-26)25-18(24-13)19(20,21)22/h3-4,10H,5-9H2,1-2H3,(H2,23,27). The minimum atomic E-state index is -4.80. The average molecular weight is 426 g/mol. The van der Waals surface area contributed by atoms with Gasteiger partial charge in [0.05, 0.1) is 33.1 Å². The summed E-state index contributed by atoms with van der Waals surface area (Å²) in [6, 6.07) is 4.86. The van der Waals surface area contributed by atoms with Crippen LogP contribution in [-0.4, -0.2) is 56.4 Å². The minimum Gasteiger partial charge on any atom is -0.497 e. The first kappa shape index (κ1) is 21.6. The van der Waals surface area contributed by atoms with Crippen molar-refractivity contribution < 1.29 is 32.2 Å². The largest absolute Gasteiger partial charge is 0.497 e. The summed E-state index contributed by atoms with van der Waals surface area (Å²) in [6.07, 6.45) is -4.91. The number of carbonyl (C=O) groups is 1. The predicted octanol–water partition coefficient (Wildman–Crippen LogP) is 2.04. The van der Waals surface area contributed by atoms with Crippen LogP contribution >= 0.6 is 0 Å². The van der Waals surface area contributed by atoms with Gasteiger partial charge in [0.25, 0.3) is 5.91 Å². The number of anilines is 1. The van der Waals surface area contributed by atoms with Crippen LogP contribution in [0.15, 0.2) is 18.2 Å². The van der Waals surface area contributed by atoms with E-state index in [-0.39, 0.29) is 36.6 Å². The van der Waals surface area contributed by atoms with Crippen LogP contribution in [-0.2, 0) is 17.3 Å². The topological polar surface area (TPSA) is 99.8 Å². The molecule has 162 valence electrons. The summed E-state index contributed by atoms with van der Waals surface area (Å²) in [5, 5.41) is 0. The Hall–Kier alpha value is -3.08. The van der Waals surface area contributed by atoms with Crippen LogP contribution in [0.5, 0.6) is 11.5 Å². The molecule has 0 aliphatic carbocycles. The van der Waals surface area contributed by atoms with Crippen molar-refractivity contribution in [2.24, 2.45) is 5.73 Å². The summed E-state index contributed by atoms with van der Waals surface area (Å²) in [5.74, 6) is -1.50. The van der Waals surface area contributed by atoms with Crippen molar-refractivity contribution in [3.05, 3.63) is 40.8 Å². The number of aromatic nitrogens is 2. The molecule has 2 heterocycles. The van der Waals surface area contributed by atoms with Crippen molar-refractivity contribution in [3.63, 3.8) is 0 Å². The lowest BCUT2D eigenvalue weighted by Crippen LogP contribution is -2.39. The molecule has 1 saturated heterocycles. The average Bonchev–Trinajstić information content (AvgIpc) is 2.73. The normalized spacial score (nSPS) is 14.5. The van der Waals surface area contributed by atoms with Gasteiger partial charge in [-0.3, -0.25) is 4.79 Å². The second-order valence-corrected chi connectivity index (χ2v) is 6.51. The minimum absolute atomic E-state index is 0.117. The molecular formula is C19H21F3N4O4. The summed E-state index contributed by atoms with van der Waals surface area (Å²) >= 11 is 0. The molecule has 1 amide bonds. The third-order valence-corrected chi connectivity index (χ3v) is 4.63. The number of hydrogen-bond acceptors (Lipinski definition) is 7. The monoisotopic (exact) mass is 426 g/mol. The number of halogens is 3. The summed E-state index contributed by atoms with van der Waals surface area (Å²) in [4.78, 5) is 21.1. The second-order valence-electron chi connectivity index (χ2n) is 6.51. The van der Waals surface area contributed by atoms with E-state index in [0.717, 1.165) is 0 Å². The molecule has 1 aromatic carbocycles. The highest BCUT2D eigenvalue weighted by molar-refractivity contribution is 5.99. The fourth-order valence-electron chi connectivity index (χ4n) is 3.18. The van der Waals surface area contributed by atoms with Crippen LogP contribution in [0.25, 0.3) is 0 Å². The Labute approximate surface area is 170 Å². The number of nitrogens with two attached hydrogens (primary N) is 1. The highest BCUT2D eigenvalue weighted by Gasteiger charge is 2.38. The number of rotatable bonds is 6. The SMILES string of the molecule is COc1ccc(Cc2nc(C(F)(F)F)nc(N3CCOCC3)c2C(N)=O)c(OC)c1. The molecule has 0 saturated carbocycles. The molecule has 2 aromatic rings. The maximum absolute atomic E-state index is 13.5. The highest BCUT2D eigenvalue weighted by atomic mass is 19.4. The second kappa shape index (κ2) is 8.74. The van der Waals surface area contributed by atoms with E-state index in [1.54, 1.807) is 23.1 Å². The van der Waals surface area contributed by atoms with Gasteiger partial charge in [0.15, 0.2) is 0 Å². The Balaban J connectivity index is 2.15. The number of benzene rings is 1. The molecule has 8 nitrogen and oxygen atoms in total. The molecular weight excluding hydrogens is 405 g/mol. The van der Waals surface area contributed by atoms with E-state index in [2.05, 4.69) is 9.97 Å². The van der Waals surface area contributed by atoms with Gasteiger partial charge in [-0.1, -0.05) is 6.07 Å². The smallest absolute Gasteiger partial charge is 0.451 e. The molecule has 1 fully saturated rings. The Morgan fingerprint density at radius 2 is 1.90 bits per heavy atom. The van der Waals surface area contributed by atoms with Crippen molar-refractivity contribution >= 4 is 11.7 Å². The Morgan fingerprint density at radius 1 is 1.20 bits per heavy atom. The Bertz CT molecular complexity index is 931. The first-order chi connectivity index (χ1) is 14.2. The van der Waals surface area contributed by atoms with Crippen molar-refractivity contribution in [1.29, 1.82) is 0 Å². The third-order valence-electron chi connectivity index (χ3n) is 4.63. The lowest BCUT2D eigenvalue weighted by atomic mass is 10.0. The lowest BCUT2D eigenvalue weighted by molar-refractivity contribution is -0.145. The van der Waals surface area contributed by atoms with Crippen LogP contribution in [0.1, 0.15) is 27.4 Å². The molecule has 1 aliphatic heterocycles. The van der Waals surface area contributed by atoms with Crippen LogP contribution in [0.4, 0.5) is 19.0 Å². The van der Waals surface area contributed by atoms with Crippen LogP contribution in [0, 0.1) is 0 Å². The van der Waals surface area contributed by atoms with Crippen LogP contribution in [0.3, 0.4) is 0 Å². The van der Waals surface area contributed by atoms with Gasteiger partial charge in [-0.05, 0) is 6.07 Å². The maximum Gasteiger partial charge on any atom is 0.451 e. The number of primary amides is 1. The maximum atomic E-state index is 13.5. The third kappa shape index (κ3) is 4.56. The summed E-state index contributed by atoms with van der Waals surface area (Å²) in [5.41, 5.74) is 5.78. The molecule has 1 aromatic heterocycles. The fraction of sp³-hybridized carbons (Fsp3) is 0.421. The zero-order valence-corrected chi connectivity index (χ0v) is 16.5. The van der Waals surface area contributed by atoms with Crippen molar-refractivity contribution in [2.75, 3.05) is 45.4 Å². The van der Waals surface area contributed by atoms with Gasteiger partial charge in [-0.25, -0.2) is 9.97 Å². The van der Waals surface area contributed by atoms with Crippen LogP contribution < -0.4 is 20.1 Å². The van der Waals surface area contributed by atoms with E-state index >= 15 is 0 Å². The molecule has 11 heteroatoms. The number of carbonyl (C=O) groups excluding carboxylic acids is 1. The quantitative estimate of drug-likeness (QED) is 0.755. The van der Waals surface area contributed by atoms with Crippen molar-refractivity contribution in [3.8, 4) is 11.5 Å². The van der Waals surface area contributed by atoms with Crippen molar-refractivity contribution in [2.45, 2.75) is 12.6 Å². The van der Waals surface area contributed by atoms with Gasteiger partial charge in [-0.2, -0.15) is 13.2 Å². The zero-order chi connectivity index (χ0) is 21.9. The highest BCUT2D eigenvalue weighted by Crippen LogP contribution is 2.33. The zero-order valence-electron chi connectivity index (χ0n) is 16.5. The molecule has 30 heavy (non-hydrogen) atoms. The molecule has 0 atom stereocenters. The van der Waals surface area contributed by atoms with E-state index < -0.39 is 17.9 Å². The Kier molecular flexibility index (Phi) is 6.30. The lowest BCUT2D eigenvalue weighted by Gasteiger charge is -2.30. The summed E-state index contributed by atoms with van der Waals surface area (Å²) in [6.45, 7) is 1.15. The van der Waals surface area contributed by atoms with Crippen LogP contribution in [0.2, 0.25) is 0 Å². The van der Waals surface area contributed by atoms with Crippen molar-refractivity contribution in [1.82, 2.24) is 9.97 Å². The van der Waals surface area contributed by atoms with E-state index in [1.807, 2.05) is 0 Å². The number of alkyl halides is 3. The summed E-state index contributed by atoms with van der Waals surface area (Å²) < 4.78 is 56.2. The number of morpholine rings is 1. The number of ether oxygens (including phenoxy) is 3. The molecule has 3 rings (SSSR count). The van der Waals surface area contributed by atoms with Gasteiger partial charge in [-0.15, -0.1) is 0 Å². The number of nitrogens with zero attached hydrogens (tertiary/aromatic N) is 3. The molecule has 0 bridgehead atoms. The number of amides is 1. The van der Waals surface area contributed by atoms with Gasteiger partial charge in [0.1, 0.15) is 22.9 Å². The predicted molar refractivity (Wildman–Crippen MR) is 101 cm³/mol. The molecule has 0 spiro atoms. The molecule has 0 unspecified atom stereocenters.